The van der Waals surface area contributed by atoms with E-state index in [4.69, 9.17) is 0 Å². The third kappa shape index (κ3) is 4.77. The van der Waals surface area contributed by atoms with Crippen LogP contribution < -0.4 is 10.0 Å². The molecule has 12 heteroatoms. The van der Waals surface area contributed by atoms with E-state index in [9.17, 15) is 8.42 Å². The molecular formula is C15H23N9O2S. The molecule has 1 aliphatic rings. The van der Waals surface area contributed by atoms with Crippen LogP contribution in [0.4, 0.5) is 0 Å². The first-order chi connectivity index (χ1) is 13.0. The molecule has 11 nitrogen and oxygen atoms in total. The van der Waals surface area contributed by atoms with Crippen LogP contribution in [0.2, 0.25) is 0 Å². The normalized spacial score (nSPS) is 23.4. The van der Waals surface area contributed by atoms with Gasteiger partial charge in [-0.15, -0.1) is 0 Å². The molecule has 27 heavy (non-hydrogen) atoms. The fraction of sp³-hybridized carbons (Fsp3) is 0.600. The van der Waals surface area contributed by atoms with Gasteiger partial charge in [-0.25, -0.2) is 43.0 Å². The summed E-state index contributed by atoms with van der Waals surface area (Å²) in [6.07, 6.45) is 5.49. The monoisotopic (exact) mass is 393 g/mol. The Hall–Kier alpha value is -2.15. The van der Waals surface area contributed by atoms with Crippen LogP contribution >= 0.6 is 0 Å². The van der Waals surface area contributed by atoms with Gasteiger partial charge in [0.25, 0.3) is 0 Å². The fourth-order valence-electron chi connectivity index (χ4n) is 3.20. The Morgan fingerprint density at radius 2 is 1.48 bits per heavy atom. The number of hydrogen-bond acceptors (Lipinski definition) is 10. The molecule has 2 atom stereocenters. The summed E-state index contributed by atoms with van der Waals surface area (Å²) in [4.78, 5) is 26.3. The molecule has 0 saturated carbocycles. The molecule has 146 valence electrons. The topological polar surface area (TPSA) is 139 Å². The van der Waals surface area contributed by atoms with Crippen LogP contribution in [-0.4, -0.2) is 88.7 Å². The third-order valence-electron chi connectivity index (χ3n) is 4.43. The number of aromatic nitrogens is 6. The Labute approximate surface area is 158 Å². The number of hydrogen-bond donors (Lipinski definition) is 2. The lowest BCUT2D eigenvalue weighted by Crippen LogP contribution is -2.52. The van der Waals surface area contributed by atoms with Gasteiger partial charge in [0, 0.05) is 26.2 Å². The molecule has 2 unspecified atom stereocenters. The highest BCUT2D eigenvalue weighted by Crippen LogP contribution is 2.34. The summed E-state index contributed by atoms with van der Waals surface area (Å²) in [5.74, 6) is -0.0563. The SMILES string of the molecule is CN(C)CCNS(=O)(=O)C1C(c2ncncn2)CNCC1c1ncncn1. The molecule has 2 aromatic rings. The first kappa shape index (κ1) is 19.6. The van der Waals surface area contributed by atoms with Crippen molar-refractivity contribution in [2.75, 3.05) is 40.3 Å². The highest BCUT2D eigenvalue weighted by Gasteiger charge is 2.46. The highest BCUT2D eigenvalue weighted by atomic mass is 32.2. The van der Waals surface area contributed by atoms with Crippen molar-refractivity contribution in [3.63, 3.8) is 0 Å². The van der Waals surface area contributed by atoms with E-state index in [1.165, 1.54) is 25.3 Å². The van der Waals surface area contributed by atoms with Crippen molar-refractivity contribution in [3.05, 3.63) is 37.0 Å². The van der Waals surface area contributed by atoms with Crippen LogP contribution in [0.1, 0.15) is 23.5 Å². The van der Waals surface area contributed by atoms with E-state index in [2.05, 4.69) is 39.9 Å². The standard InChI is InChI=1S/C15H23N9O2S/c1-24(2)4-3-23-27(25,26)13-11(14-19-7-17-8-20-14)5-16-6-12(13)15-21-9-18-10-22-15/h7-13,16,23H,3-6H2,1-2H3. The maximum Gasteiger partial charge on any atom is 0.216 e. The number of rotatable bonds is 7. The van der Waals surface area contributed by atoms with Gasteiger partial charge in [0.05, 0.1) is 17.1 Å². The van der Waals surface area contributed by atoms with Crippen LogP contribution in [0.25, 0.3) is 0 Å². The first-order valence-corrected chi connectivity index (χ1v) is 10.1. The summed E-state index contributed by atoms with van der Waals surface area (Å²) >= 11 is 0. The summed E-state index contributed by atoms with van der Waals surface area (Å²) in [6, 6.07) is 0. The van der Waals surface area contributed by atoms with Gasteiger partial charge in [-0.2, -0.15) is 0 Å². The smallest absolute Gasteiger partial charge is 0.216 e. The average Bonchev–Trinajstić information content (AvgIpc) is 2.68. The number of sulfonamides is 1. The number of piperidine rings is 1. The quantitative estimate of drug-likeness (QED) is 0.564. The van der Waals surface area contributed by atoms with E-state index in [0.717, 1.165) is 0 Å². The molecule has 0 spiro atoms. The zero-order valence-electron chi connectivity index (χ0n) is 15.2. The largest absolute Gasteiger partial charge is 0.315 e. The minimum atomic E-state index is -3.69. The summed E-state index contributed by atoms with van der Waals surface area (Å²) < 4.78 is 29.2. The number of likely N-dealkylation sites (N-methyl/N-ethyl adjacent to an activating group) is 1. The van der Waals surface area contributed by atoms with Crippen LogP contribution in [0.5, 0.6) is 0 Å². The second-order valence-electron chi connectivity index (χ2n) is 6.57. The summed E-state index contributed by atoms with van der Waals surface area (Å²) in [7, 11) is 0.0868. The van der Waals surface area contributed by atoms with E-state index in [-0.39, 0.29) is 0 Å². The van der Waals surface area contributed by atoms with E-state index < -0.39 is 27.1 Å². The van der Waals surface area contributed by atoms with Crippen LogP contribution in [0.3, 0.4) is 0 Å². The molecule has 0 bridgehead atoms. The van der Waals surface area contributed by atoms with Crippen LogP contribution in [-0.2, 0) is 10.0 Å². The van der Waals surface area contributed by atoms with Gasteiger partial charge in [0.1, 0.15) is 37.0 Å². The molecule has 0 radical (unpaired) electrons. The van der Waals surface area contributed by atoms with Crippen molar-refractivity contribution >= 4 is 10.0 Å². The van der Waals surface area contributed by atoms with Crippen LogP contribution in [0.15, 0.2) is 25.3 Å². The van der Waals surface area contributed by atoms with Gasteiger partial charge in [-0.1, -0.05) is 0 Å². The molecule has 3 rings (SSSR count). The second kappa shape index (κ2) is 8.69. The lowest BCUT2D eigenvalue weighted by Gasteiger charge is -2.36. The Kier molecular flexibility index (Phi) is 6.31. The van der Waals surface area contributed by atoms with Crippen molar-refractivity contribution in [2.45, 2.75) is 17.1 Å². The molecule has 0 amide bonds. The molecule has 2 aromatic heterocycles. The lowest BCUT2D eigenvalue weighted by molar-refractivity contribution is 0.377. The van der Waals surface area contributed by atoms with E-state index in [1.807, 2.05) is 19.0 Å². The second-order valence-corrected chi connectivity index (χ2v) is 8.49. The number of nitrogens with zero attached hydrogens (tertiary/aromatic N) is 7. The zero-order valence-corrected chi connectivity index (χ0v) is 16.0. The van der Waals surface area contributed by atoms with Crippen molar-refractivity contribution in [1.82, 2.24) is 44.8 Å². The van der Waals surface area contributed by atoms with Crippen molar-refractivity contribution in [2.24, 2.45) is 0 Å². The highest BCUT2D eigenvalue weighted by molar-refractivity contribution is 7.90. The predicted molar refractivity (Wildman–Crippen MR) is 97.3 cm³/mol. The number of nitrogens with one attached hydrogen (secondary N) is 2. The Bertz CT molecular complexity index is 772. The van der Waals surface area contributed by atoms with Gasteiger partial charge in [-0.3, -0.25) is 0 Å². The maximum absolute atomic E-state index is 13.2. The molecule has 1 saturated heterocycles. The van der Waals surface area contributed by atoms with Crippen molar-refractivity contribution in [3.8, 4) is 0 Å². The first-order valence-electron chi connectivity index (χ1n) is 8.57. The Morgan fingerprint density at radius 3 is 1.93 bits per heavy atom. The van der Waals surface area contributed by atoms with Gasteiger partial charge >= 0.3 is 0 Å². The average molecular weight is 393 g/mol. The fourth-order valence-corrected chi connectivity index (χ4v) is 5.07. The Balaban J connectivity index is 1.96. The molecule has 1 fully saturated rings. The molecule has 1 aliphatic heterocycles. The van der Waals surface area contributed by atoms with Gasteiger partial charge in [0.2, 0.25) is 10.0 Å². The summed E-state index contributed by atoms with van der Waals surface area (Å²) in [5, 5.41) is 2.44. The minimum absolute atomic E-state index is 0.313. The molecule has 2 N–H and O–H groups in total. The molecule has 0 aromatic carbocycles. The zero-order chi connectivity index (χ0) is 19.3. The molecule has 0 aliphatic carbocycles. The van der Waals surface area contributed by atoms with Crippen molar-refractivity contribution in [1.29, 1.82) is 0 Å². The van der Waals surface area contributed by atoms with E-state index in [0.29, 0.717) is 37.8 Å². The van der Waals surface area contributed by atoms with E-state index in [1.54, 1.807) is 0 Å². The lowest BCUT2D eigenvalue weighted by atomic mass is 9.88. The molecular weight excluding hydrogens is 370 g/mol. The van der Waals surface area contributed by atoms with Gasteiger partial charge < -0.3 is 10.2 Å². The Morgan fingerprint density at radius 1 is 1.00 bits per heavy atom. The summed E-state index contributed by atoms with van der Waals surface area (Å²) in [6.45, 7) is 1.78. The van der Waals surface area contributed by atoms with Gasteiger partial charge in [0.15, 0.2) is 0 Å². The molecule has 3 heterocycles. The van der Waals surface area contributed by atoms with E-state index >= 15 is 0 Å². The third-order valence-corrected chi connectivity index (χ3v) is 6.41. The van der Waals surface area contributed by atoms with Gasteiger partial charge in [-0.05, 0) is 14.1 Å². The predicted octanol–water partition coefficient (Wildman–Crippen LogP) is -1.62. The maximum atomic E-state index is 13.2. The summed E-state index contributed by atoms with van der Waals surface area (Å²) in [5.41, 5.74) is 0. The van der Waals surface area contributed by atoms with Crippen molar-refractivity contribution < 1.29 is 8.42 Å². The van der Waals surface area contributed by atoms with Crippen LogP contribution in [0, 0.1) is 0 Å². The minimum Gasteiger partial charge on any atom is -0.315 e.